The maximum absolute atomic E-state index is 5.74. The number of aryl methyl sites for hydroxylation is 1. The summed E-state index contributed by atoms with van der Waals surface area (Å²) in [4.78, 5) is 0. The minimum atomic E-state index is 0.511. The molecule has 0 bridgehead atoms. The van der Waals surface area contributed by atoms with Gasteiger partial charge in [0.2, 0.25) is 0 Å². The van der Waals surface area contributed by atoms with Crippen molar-refractivity contribution >= 4 is 0 Å². The van der Waals surface area contributed by atoms with Crippen LogP contribution in [0.5, 0.6) is 0 Å². The summed E-state index contributed by atoms with van der Waals surface area (Å²) in [5.74, 6) is 0. The van der Waals surface area contributed by atoms with Gasteiger partial charge in [-0.3, -0.25) is 4.68 Å². The van der Waals surface area contributed by atoms with Crippen LogP contribution < -0.4 is 5.73 Å². The van der Waals surface area contributed by atoms with Crippen LogP contribution in [0.15, 0.2) is 24.4 Å². The normalized spacial score (nSPS) is 14.0. The highest BCUT2D eigenvalue weighted by Gasteiger charge is 2.14. The van der Waals surface area contributed by atoms with Crippen molar-refractivity contribution in [2.75, 3.05) is 0 Å². The number of hydrogen-bond acceptors (Lipinski definition) is 3. The van der Waals surface area contributed by atoms with Gasteiger partial charge in [-0.15, -0.1) is 0 Å². The second-order valence-corrected chi connectivity index (χ2v) is 4.36. The number of nitrogens with two attached hydrogens (primary N) is 1. The molecule has 0 unspecified atom stereocenters. The zero-order valence-electron chi connectivity index (χ0n) is 9.81. The fourth-order valence-corrected chi connectivity index (χ4v) is 2.25. The molecular weight excluding hydrogens is 214 g/mol. The van der Waals surface area contributed by atoms with Gasteiger partial charge in [-0.2, -0.15) is 5.10 Å². The first kappa shape index (κ1) is 10.5. The number of ether oxygens (including phenoxy) is 1. The quantitative estimate of drug-likeness (QED) is 0.850. The van der Waals surface area contributed by atoms with E-state index in [0.29, 0.717) is 13.2 Å². The van der Waals surface area contributed by atoms with Gasteiger partial charge in [0.25, 0.3) is 0 Å². The first-order valence-corrected chi connectivity index (χ1v) is 5.70. The van der Waals surface area contributed by atoms with E-state index in [1.54, 1.807) is 4.68 Å². The van der Waals surface area contributed by atoms with E-state index in [9.17, 15) is 0 Å². The molecule has 4 nitrogen and oxygen atoms in total. The van der Waals surface area contributed by atoms with Crippen LogP contribution in [0.25, 0.3) is 11.3 Å². The summed E-state index contributed by atoms with van der Waals surface area (Å²) in [5, 5.41) is 4.47. The summed E-state index contributed by atoms with van der Waals surface area (Å²) in [6, 6.07) is 6.37. The smallest absolute Gasteiger partial charge is 0.0968 e. The molecule has 2 N–H and O–H groups in total. The molecule has 0 aliphatic carbocycles. The highest BCUT2D eigenvalue weighted by Crippen LogP contribution is 2.27. The predicted octanol–water partition coefficient (Wildman–Crippen LogP) is 1.58. The summed E-state index contributed by atoms with van der Waals surface area (Å²) in [7, 11) is 1.92. The topological polar surface area (TPSA) is 53.1 Å². The molecule has 2 aromatic rings. The highest BCUT2D eigenvalue weighted by atomic mass is 16.5. The third-order valence-corrected chi connectivity index (χ3v) is 3.12. The Balaban J connectivity index is 2.08. The lowest BCUT2D eigenvalue weighted by Crippen LogP contribution is -1.97. The Hall–Kier alpha value is -1.65. The summed E-state index contributed by atoms with van der Waals surface area (Å²) in [6.07, 6.45) is 1.97. The Labute approximate surface area is 100 Å². The zero-order valence-corrected chi connectivity index (χ0v) is 9.81. The number of hydrogen-bond donors (Lipinski definition) is 1. The van der Waals surface area contributed by atoms with Crippen molar-refractivity contribution in [3.63, 3.8) is 0 Å². The van der Waals surface area contributed by atoms with Gasteiger partial charge in [0.15, 0.2) is 0 Å². The van der Waals surface area contributed by atoms with Crippen LogP contribution in [0.1, 0.15) is 16.7 Å². The molecule has 1 aromatic heterocycles. The van der Waals surface area contributed by atoms with Crippen molar-refractivity contribution in [3.05, 3.63) is 41.1 Å². The average Bonchev–Trinajstić information content (AvgIpc) is 2.93. The monoisotopic (exact) mass is 229 g/mol. The van der Waals surface area contributed by atoms with Gasteiger partial charge in [0.1, 0.15) is 0 Å². The van der Waals surface area contributed by atoms with Gasteiger partial charge in [0.05, 0.1) is 18.9 Å². The summed E-state index contributed by atoms with van der Waals surface area (Å²) in [6.45, 7) is 1.94. The lowest BCUT2D eigenvalue weighted by Gasteiger charge is -2.03. The van der Waals surface area contributed by atoms with E-state index < -0.39 is 0 Å². The van der Waals surface area contributed by atoms with Crippen molar-refractivity contribution in [1.82, 2.24) is 9.78 Å². The van der Waals surface area contributed by atoms with E-state index in [-0.39, 0.29) is 0 Å². The molecule has 0 amide bonds. The fourth-order valence-electron chi connectivity index (χ4n) is 2.25. The fraction of sp³-hybridized carbons (Fsp3) is 0.308. The Kier molecular flexibility index (Phi) is 2.46. The zero-order chi connectivity index (χ0) is 11.8. The molecule has 3 rings (SSSR count). The summed E-state index contributed by atoms with van der Waals surface area (Å²) < 4.78 is 7.22. The standard InChI is InChI=1S/C13H15N3O/c1-16-6-12(5-14)13(15-16)9-2-3-10-7-17-8-11(10)4-9/h2-4,6H,5,7-8,14H2,1H3. The lowest BCUT2D eigenvalue weighted by molar-refractivity contribution is 0.134. The van der Waals surface area contributed by atoms with Crippen molar-refractivity contribution in [2.45, 2.75) is 19.8 Å². The molecule has 0 fully saturated rings. The van der Waals surface area contributed by atoms with Crippen molar-refractivity contribution < 1.29 is 4.74 Å². The molecule has 17 heavy (non-hydrogen) atoms. The van der Waals surface area contributed by atoms with E-state index in [0.717, 1.165) is 23.4 Å². The van der Waals surface area contributed by atoms with E-state index in [4.69, 9.17) is 10.5 Å². The van der Waals surface area contributed by atoms with Crippen LogP contribution in [0.2, 0.25) is 0 Å². The van der Waals surface area contributed by atoms with Crippen LogP contribution in [-0.2, 0) is 31.5 Å². The predicted molar refractivity (Wildman–Crippen MR) is 65.0 cm³/mol. The minimum Gasteiger partial charge on any atom is -0.372 e. The van der Waals surface area contributed by atoms with E-state index >= 15 is 0 Å². The number of fused-ring (bicyclic) bond motifs is 1. The van der Waals surface area contributed by atoms with Gasteiger partial charge < -0.3 is 10.5 Å². The molecule has 0 radical (unpaired) electrons. The third kappa shape index (κ3) is 1.75. The number of aromatic nitrogens is 2. The van der Waals surface area contributed by atoms with Gasteiger partial charge in [-0.05, 0) is 17.2 Å². The Morgan fingerprint density at radius 1 is 1.35 bits per heavy atom. The van der Waals surface area contributed by atoms with Crippen LogP contribution >= 0.6 is 0 Å². The van der Waals surface area contributed by atoms with E-state index in [1.165, 1.54) is 11.1 Å². The van der Waals surface area contributed by atoms with Gasteiger partial charge in [-0.1, -0.05) is 12.1 Å². The maximum Gasteiger partial charge on any atom is 0.0968 e. The number of nitrogens with zero attached hydrogens (tertiary/aromatic N) is 2. The second kappa shape index (κ2) is 3.98. The lowest BCUT2D eigenvalue weighted by atomic mass is 10.0. The molecule has 0 saturated carbocycles. The summed E-state index contributed by atoms with van der Waals surface area (Å²) >= 11 is 0. The molecular formula is C13H15N3O. The SMILES string of the molecule is Cn1cc(CN)c(-c2ccc3c(c2)COC3)n1. The Bertz CT molecular complexity index is 560. The molecule has 1 aromatic carbocycles. The average molecular weight is 229 g/mol. The molecule has 1 aliphatic heterocycles. The summed E-state index contributed by atoms with van der Waals surface area (Å²) in [5.41, 5.74) is 11.4. The van der Waals surface area contributed by atoms with Gasteiger partial charge >= 0.3 is 0 Å². The number of benzene rings is 1. The minimum absolute atomic E-state index is 0.511. The molecule has 0 atom stereocenters. The molecule has 4 heteroatoms. The van der Waals surface area contributed by atoms with Gasteiger partial charge in [0, 0.05) is 30.9 Å². The molecule has 2 heterocycles. The molecule has 0 spiro atoms. The molecule has 1 aliphatic rings. The van der Waals surface area contributed by atoms with E-state index in [2.05, 4.69) is 23.3 Å². The van der Waals surface area contributed by atoms with Crippen LogP contribution in [0.3, 0.4) is 0 Å². The largest absolute Gasteiger partial charge is 0.372 e. The maximum atomic E-state index is 5.74. The van der Waals surface area contributed by atoms with Crippen molar-refractivity contribution in [2.24, 2.45) is 12.8 Å². The molecule has 88 valence electrons. The van der Waals surface area contributed by atoms with Crippen LogP contribution in [0, 0.1) is 0 Å². The number of rotatable bonds is 2. The Morgan fingerprint density at radius 2 is 2.18 bits per heavy atom. The van der Waals surface area contributed by atoms with Crippen molar-refractivity contribution in [1.29, 1.82) is 0 Å². The van der Waals surface area contributed by atoms with Crippen molar-refractivity contribution in [3.8, 4) is 11.3 Å². The first-order valence-electron chi connectivity index (χ1n) is 5.70. The Morgan fingerprint density at radius 3 is 3.00 bits per heavy atom. The second-order valence-electron chi connectivity index (χ2n) is 4.36. The van der Waals surface area contributed by atoms with Crippen LogP contribution in [0.4, 0.5) is 0 Å². The van der Waals surface area contributed by atoms with Crippen LogP contribution in [-0.4, -0.2) is 9.78 Å². The van der Waals surface area contributed by atoms with E-state index in [1.807, 2.05) is 13.2 Å². The molecule has 0 saturated heterocycles. The van der Waals surface area contributed by atoms with Gasteiger partial charge in [-0.25, -0.2) is 0 Å². The first-order chi connectivity index (χ1) is 8.28. The third-order valence-electron chi connectivity index (χ3n) is 3.12. The highest BCUT2D eigenvalue weighted by molar-refractivity contribution is 5.64.